The van der Waals surface area contributed by atoms with E-state index in [1.165, 1.54) is 10.4 Å². The van der Waals surface area contributed by atoms with Gasteiger partial charge in [-0.1, -0.05) is 106 Å². The van der Waals surface area contributed by atoms with Crippen molar-refractivity contribution in [3.8, 4) is 17.1 Å². The van der Waals surface area contributed by atoms with E-state index in [2.05, 4.69) is 117 Å². The summed E-state index contributed by atoms with van der Waals surface area (Å²) in [5.74, 6) is 1.71. The Morgan fingerprint density at radius 1 is 0.697 bits per heavy atom. The molecule has 0 spiro atoms. The summed E-state index contributed by atoms with van der Waals surface area (Å²) < 4.78 is 7.17. The van der Waals surface area contributed by atoms with Crippen molar-refractivity contribution in [2.24, 2.45) is 0 Å². The van der Waals surface area contributed by atoms with Crippen LogP contribution >= 0.6 is 0 Å². The minimum atomic E-state index is -2.68. The van der Waals surface area contributed by atoms with Gasteiger partial charge in [0.15, 0.2) is 0 Å². The van der Waals surface area contributed by atoms with Gasteiger partial charge in [0.2, 0.25) is 0 Å². The van der Waals surface area contributed by atoms with Crippen LogP contribution in [0.3, 0.4) is 0 Å². The van der Waals surface area contributed by atoms with Gasteiger partial charge in [0.25, 0.3) is 0 Å². The molecule has 4 heteroatoms. The molecule has 1 heterocycles. The van der Waals surface area contributed by atoms with Gasteiger partial charge in [0.05, 0.1) is 11.0 Å². The zero-order valence-corrected chi connectivity index (χ0v) is 20.2. The van der Waals surface area contributed by atoms with E-state index < -0.39 is 8.32 Å². The first kappa shape index (κ1) is 21.2. The van der Waals surface area contributed by atoms with Crippen molar-refractivity contribution in [1.82, 2.24) is 9.97 Å². The number of para-hydroxylation sites is 2. The van der Waals surface area contributed by atoms with E-state index in [1.807, 2.05) is 18.2 Å². The van der Waals surface area contributed by atoms with Crippen molar-refractivity contribution >= 4 is 29.7 Å². The number of nitrogens with one attached hydrogen (secondary N) is 1. The molecule has 1 aromatic heterocycles. The third-order valence-corrected chi connectivity index (χ3v) is 11.1. The van der Waals surface area contributed by atoms with Gasteiger partial charge in [-0.05, 0) is 39.7 Å². The number of fused-ring (bicyclic) bond motifs is 1. The van der Waals surface area contributed by atoms with Gasteiger partial charge in [-0.25, -0.2) is 4.98 Å². The summed E-state index contributed by atoms with van der Waals surface area (Å²) in [7, 11) is -2.68. The van der Waals surface area contributed by atoms with Gasteiger partial charge >= 0.3 is 8.32 Å². The number of hydrogen-bond acceptors (Lipinski definition) is 2. The maximum Gasteiger partial charge on any atom is 0.319 e. The first-order chi connectivity index (χ1) is 16.0. The van der Waals surface area contributed by atoms with Crippen LogP contribution in [-0.2, 0) is 0 Å². The first-order valence-corrected chi connectivity index (χ1v) is 13.2. The molecular formula is C29H28N2OSi. The summed E-state index contributed by atoms with van der Waals surface area (Å²) in [6, 6.07) is 37.8. The maximum atomic E-state index is 7.17. The molecule has 33 heavy (non-hydrogen) atoms. The molecule has 0 atom stereocenters. The number of aromatic nitrogens is 2. The average Bonchev–Trinajstić information content (AvgIpc) is 3.28. The molecule has 3 nitrogen and oxygen atoms in total. The highest BCUT2D eigenvalue weighted by molar-refractivity contribution is 7.00. The van der Waals surface area contributed by atoms with E-state index in [0.29, 0.717) is 0 Å². The van der Waals surface area contributed by atoms with E-state index in [4.69, 9.17) is 9.41 Å². The Bertz CT molecular complexity index is 1300. The zero-order valence-electron chi connectivity index (χ0n) is 19.2. The average molecular weight is 449 g/mol. The molecule has 0 fully saturated rings. The predicted molar refractivity (Wildman–Crippen MR) is 140 cm³/mol. The van der Waals surface area contributed by atoms with Crippen LogP contribution in [0.1, 0.15) is 20.8 Å². The van der Waals surface area contributed by atoms with Crippen LogP contribution in [0.5, 0.6) is 5.75 Å². The largest absolute Gasteiger partial charge is 0.534 e. The van der Waals surface area contributed by atoms with Gasteiger partial charge in [-0.2, -0.15) is 0 Å². The molecule has 5 aromatic rings. The Morgan fingerprint density at radius 2 is 1.30 bits per heavy atom. The van der Waals surface area contributed by atoms with Crippen LogP contribution in [0.15, 0.2) is 109 Å². The van der Waals surface area contributed by atoms with Crippen molar-refractivity contribution in [3.05, 3.63) is 109 Å². The minimum absolute atomic E-state index is 0.0922. The molecule has 0 aliphatic carbocycles. The van der Waals surface area contributed by atoms with Gasteiger partial charge in [0, 0.05) is 5.56 Å². The summed E-state index contributed by atoms with van der Waals surface area (Å²) in [4.78, 5) is 8.23. The predicted octanol–water partition coefficient (Wildman–Crippen LogP) is 6.17. The van der Waals surface area contributed by atoms with Crippen molar-refractivity contribution in [3.63, 3.8) is 0 Å². The van der Waals surface area contributed by atoms with Gasteiger partial charge in [0.1, 0.15) is 11.6 Å². The highest BCUT2D eigenvalue weighted by atomic mass is 28.4. The number of rotatable bonds is 5. The molecule has 5 rings (SSSR count). The van der Waals surface area contributed by atoms with Crippen LogP contribution in [0.2, 0.25) is 5.04 Å². The maximum absolute atomic E-state index is 7.17. The quantitative estimate of drug-likeness (QED) is 0.327. The lowest BCUT2D eigenvalue weighted by atomic mass is 10.2. The van der Waals surface area contributed by atoms with E-state index >= 15 is 0 Å². The van der Waals surface area contributed by atoms with Crippen LogP contribution in [-0.4, -0.2) is 18.3 Å². The Morgan fingerprint density at radius 3 is 1.91 bits per heavy atom. The molecule has 0 saturated carbocycles. The smallest absolute Gasteiger partial charge is 0.319 e. The Labute approximate surface area is 196 Å². The lowest BCUT2D eigenvalue weighted by Crippen LogP contribution is -2.68. The van der Waals surface area contributed by atoms with Crippen LogP contribution in [0.4, 0.5) is 0 Å². The number of aromatic amines is 1. The Kier molecular flexibility index (Phi) is 5.39. The van der Waals surface area contributed by atoms with Gasteiger partial charge < -0.3 is 9.41 Å². The lowest BCUT2D eigenvalue weighted by molar-refractivity contribution is 0.508. The highest BCUT2D eigenvalue weighted by Gasteiger charge is 2.52. The molecule has 4 aromatic carbocycles. The van der Waals surface area contributed by atoms with Crippen molar-refractivity contribution in [2.45, 2.75) is 25.8 Å². The van der Waals surface area contributed by atoms with Crippen LogP contribution < -0.4 is 14.8 Å². The second-order valence-corrected chi connectivity index (χ2v) is 13.6. The number of H-pyrrole nitrogens is 1. The second kappa shape index (κ2) is 8.37. The number of nitrogens with zero attached hydrogens (tertiary/aromatic N) is 1. The van der Waals surface area contributed by atoms with E-state index in [-0.39, 0.29) is 5.04 Å². The van der Waals surface area contributed by atoms with Crippen molar-refractivity contribution < 1.29 is 4.43 Å². The molecule has 164 valence electrons. The highest BCUT2D eigenvalue weighted by Crippen LogP contribution is 2.38. The fourth-order valence-electron chi connectivity index (χ4n) is 4.62. The van der Waals surface area contributed by atoms with Crippen LogP contribution in [0.25, 0.3) is 22.4 Å². The van der Waals surface area contributed by atoms with Gasteiger partial charge in [-0.15, -0.1) is 0 Å². The molecule has 1 N–H and O–H groups in total. The SMILES string of the molecule is CC(C)(C)[Si](Oc1cccc(-c2nc3ccccc3[nH]2)c1)(c1ccccc1)c1ccccc1. The molecule has 0 unspecified atom stereocenters. The summed E-state index contributed by atoms with van der Waals surface area (Å²) in [6.45, 7) is 6.88. The standard InChI is InChI=1S/C29H28N2OSi/c1-29(2,3)33(24-15-6-4-7-16-24,25-17-8-5-9-18-25)32-23-14-12-13-22(21-23)28-30-26-19-10-11-20-27(26)31-28/h4-21H,1-3H3,(H,30,31). The van der Waals surface area contributed by atoms with Crippen molar-refractivity contribution in [1.29, 1.82) is 0 Å². The van der Waals surface area contributed by atoms with Crippen molar-refractivity contribution in [2.75, 3.05) is 0 Å². The number of hydrogen-bond donors (Lipinski definition) is 1. The normalized spacial score (nSPS) is 12.1. The summed E-state index contributed by atoms with van der Waals surface area (Å²) in [5.41, 5.74) is 3.01. The number of imidazole rings is 1. The third-order valence-electron chi connectivity index (χ3n) is 6.18. The molecule has 0 aliphatic rings. The second-order valence-electron chi connectivity index (χ2n) is 9.40. The lowest BCUT2D eigenvalue weighted by Gasteiger charge is -2.43. The fourth-order valence-corrected chi connectivity index (χ4v) is 9.03. The Balaban J connectivity index is 1.64. The van der Waals surface area contributed by atoms with Gasteiger partial charge in [-0.3, -0.25) is 0 Å². The molecule has 0 amide bonds. The molecule has 0 saturated heterocycles. The summed E-state index contributed by atoms with van der Waals surface area (Å²) >= 11 is 0. The minimum Gasteiger partial charge on any atom is -0.534 e. The fraction of sp³-hybridized carbons (Fsp3) is 0.138. The molecule has 0 radical (unpaired) electrons. The van der Waals surface area contributed by atoms with E-state index in [0.717, 1.165) is 28.2 Å². The molecule has 0 aliphatic heterocycles. The third kappa shape index (κ3) is 3.87. The topological polar surface area (TPSA) is 37.9 Å². The Hall–Kier alpha value is -3.63. The van der Waals surface area contributed by atoms with Crippen LogP contribution in [0, 0.1) is 0 Å². The molecule has 0 bridgehead atoms. The monoisotopic (exact) mass is 448 g/mol. The number of benzene rings is 4. The van der Waals surface area contributed by atoms with E-state index in [1.54, 1.807) is 0 Å². The summed E-state index contributed by atoms with van der Waals surface area (Å²) in [6.07, 6.45) is 0. The zero-order chi connectivity index (χ0) is 22.9. The summed E-state index contributed by atoms with van der Waals surface area (Å²) in [5, 5.41) is 2.43. The van der Waals surface area contributed by atoms with E-state index in [9.17, 15) is 0 Å². The first-order valence-electron chi connectivity index (χ1n) is 11.3. The molecular weight excluding hydrogens is 420 g/mol.